The second kappa shape index (κ2) is 6.19. The molecule has 0 aliphatic carbocycles. The predicted molar refractivity (Wildman–Crippen MR) is 78.0 cm³/mol. The molecule has 2 aromatic rings. The zero-order chi connectivity index (χ0) is 15.5. The maximum absolute atomic E-state index is 12.1. The highest BCUT2D eigenvalue weighted by molar-refractivity contribution is 7.92. The molecule has 8 nitrogen and oxygen atoms in total. The summed E-state index contributed by atoms with van der Waals surface area (Å²) in [6.07, 6.45) is 0. The number of nitrogens with zero attached hydrogens (tertiary/aromatic N) is 4. The number of benzene rings is 1. The number of rotatable bonds is 6. The maximum atomic E-state index is 12.1. The van der Waals surface area contributed by atoms with Crippen LogP contribution in [0, 0.1) is 0 Å². The van der Waals surface area contributed by atoms with Crippen LogP contribution in [-0.2, 0) is 23.6 Å². The normalized spacial score (nSPS) is 11.8. The summed E-state index contributed by atoms with van der Waals surface area (Å²) in [5.74, 6) is -0.0527. The van der Waals surface area contributed by atoms with Crippen LogP contribution in [0.1, 0.15) is 19.4 Å². The monoisotopic (exact) mass is 310 g/mol. The molecule has 1 aromatic heterocycles. The Labute approximate surface area is 123 Å². The molecule has 0 bridgehead atoms. The van der Waals surface area contributed by atoms with Crippen LogP contribution in [0.25, 0.3) is 0 Å². The second-order valence-corrected chi connectivity index (χ2v) is 6.57. The third-order valence-corrected chi connectivity index (χ3v) is 4.03. The zero-order valence-electron chi connectivity index (χ0n) is 12.1. The molecule has 0 aliphatic heterocycles. The molecule has 0 saturated carbocycles. The van der Waals surface area contributed by atoms with Gasteiger partial charge >= 0.3 is 0 Å². The van der Waals surface area contributed by atoms with Crippen molar-refractivity contribution in [3.8, 4) is 0 Å². The fraction of sp³-hybridized carbons (Fsp3) is 0.417. The van der Waals surface area contributed by atoms with E-state index in [0.717, 1.165) is 5.56 Å². The summed E-state index contributed by atoms with van der Waals surface area (Å²) in [6.45, 7) is 4.80. The van der Waals surface area contributed by atoms with Crippen molar-refractivity contribution < 1.29 is 8.42 Å². The molecule has 1 heterocycles. The highest BCUT2D eigenvalue weighted by Crippen LogP contribution is 2.13. The van der Waals surface area contributed by atoms with Crippen LogP contribution in [0.4, 0.5) is 5.95 Å². The van der Waals surface area contributed by atoms with Crippen molar-refractivity contribution in [2.45, 2.75) is 31.3 Å². The van der Waals surface area contributed by atoms with Gasteiger partial charge in [-0.15, -0.1) is 5.10 Å². The van der Waals surface area contributed by atoms with Crippen molar-refractivity contribution in [3.63, 3.8) is 0 Å². The largest absolute Gasteiger partial charge is 0.310 e. The van der Waals surface area contributed by atoms with Gasteiger partial charge in [-0.3, -0.25) is 0 Å². The minimum Gasteiger partial charge on any atom is -0.310 e. The molecule has 2 rings (SSSR count). The Hall–Kier alpha value is -2.00. The molecule has 9 heteroatoms. The first kappa shape index (κ1) is 15.4. The summed E-state index contributed by atoms with van der Waals surface area (Å²) in [5.41, 5.74) is 1.01. The highest BCUT2D eigenvalue weighted by atomic mass is 32.2. The van der Waals surface area contributed by atoms with Gasteiger partial charge in [-0.2, -0.15) is 4.80 Å². The molecule has 114 valence electrons. The lowest BCUT2D eigenvalue weighted by Gasteiger charge is -2.09. The van der Waals surface area contributed by atoms with Crippen LogP contribution in [0.5, 0.6) is 0 Å². The smallest absolute Gasteiger partial charge is 0.277 e. The van der Waals surface area contributed by atoms with E-state index >= 15 is 0 Å². The van der Waals surface area contributed by atoms with Crippen molar-refractivity contribution in [1.82, 2.24) is 25.5 Å². The SMILES string of the molecule is CC(C)NCc1ccc(S(=O)(=O)Nc2nnn(C)n2)cc1. The van der Waals surface area contributed by atoms with Crippen LogP contribution < -0.4 is 10.0 Å². The molecule has 0 aliphatic rings. The lowest BCUT2D eigenvalue weighted by Crippen LogP contribution is -2.21. The van der Waals surface area contributed by atoms with Crippen LogP contribution in [0.3, 0.4) is 0 Å². The number of hydrogen-bond acceptors (Lipinski definition) is 6. The van der Waals surface area contributed by atoms with Gasteiger partial charge in [0.25, 0.3) is 16.0 Å². The van der Waals surface area contributed by atoms with E-state index in [9.17, 15) is 8.42 Å². The predicted octanol–water partition coefficient (Wildman–Crippen LogP) is 0.509. The first-order valence-corrected chi connectivity index (χ1v) is 7.94. The van der Waals surface area contributed by atoms with E-state index in [2.05, 4.69) is 39.3 Å². The van der Waals surface area contributed by atoms with Gasteiger partial charge in [0.05, 0.1) is 11.9 Å². The first-order valence-electron chi connectivity index (χ1n) is 6.46. The van der Waals surface area contributed by atoms with E-state index in [-0.39, 0.29) is 10.8 Å². The minimum absolute atomic E-state index is 0.0527. The molecule has 0 saturated heterocycles. The second-order valence-electron chi connectivity index (χ2n) is 4.89. The van der Waals surface area contributed by atoms with Crippen LogP contribution in [-0.4, -0.2) is 34.7 Å². The molecular weight excluding hydrogens is 292 g/mol. The molecule has 0 atom stereocenters. The topological polar surface area (TPSA) is 102 Å². The van der Waals surface area contributed by atoms with Gasteiger partial charge in [0.15, 0.2) is 0 Å². The standard InChI is InChI=1S/C12H18N6O2S/c1-9(2)13-8-10-4-6-11(7-5-10)21(19,20)16-12-14-17-18(3)15-12/h4-7,9,13H,8H2,1-3H3,(H,15,16). The molecular formula is C12H18N6O2S. The Morgan fingerprint density at radius 1 is 1.24 bits per heavy atom. The zero-order valence-corrected chi connectivity index (χ0v) is 12.9. The summed E-state index contributed by atoms with van der Waals surface area (Å²) in [5, 5.41) is 14.2. The summed E-state index contributed by atoms with van der Waals surface area (Å²) >= 11 is 0. The Morgan fingerprint density at radius 3 is 2.43 bits per heavy atom. The van der Waals surface area contributed by atoms with Crippen LogP contribution in [0.15, 0.2) is 29.2 Å². The van der Waals surface area contributed by atoms with Gasteiger partial charge in [-0.1, -0.05) is 31.1 Å². The van der Waals surface area contributed by atoms with Gasteiger partial charge in [0.2, 0.25) is 0 Å². The van der Waals surface area contributed by atoms with Gasteiger partial charge < -0.3 is 5.32 Å². The number of anilines is 1. The van der Waals surface area contributed by atoms with Gasteiger partial charge in [0.1, 0.15) is 0 Å². The minimum atomic E-state index is -3.70. The number of nitrogens with one attached hydrogen (secondary N) is 2. The van der Waals surface area contributed by atoms with Crippen molar-refractivity contribution in [3.05, 3.63) is 29.8 Å². The Kier molecular flexibility index (Phi) is 4.53. The quantitative estimate of drug-likeness (QED) is 0.806. The summed E-state index contributed by atoms with van der Waals surface area (Å²) in [6, 6.07) is 7.02. The summed E-state index contributed by atoms with van der Waals surface area (Å²) < 4.78 is 26.6. The molecule has 0 amide bonds. The van der Waals surface area contributed by atoms with Crippen LogP contribution >= 0.6 is 0 Å². The Bertz CT molecular complexity index is 693. The van der Waals surface area contributed by atoms with Gasteiger partial charge in [0, 0.05) is 12.6 Å². The van der Waals surface area contributed by atoms with Crippen molar-refractivity contribution in [2.75, 3.05) is 4.72 Å². The van der Waals surface area contributed by atoms with Crippen molar-refractivity contribution in [1.29, 1.82) is 0 Å². The molecule has 0 fully saturated rings. The number of hydrogen-bond donors (Lipinski definition) is 2. The third kappa shape index (κ3) is 4.23. The van der Waals surface area contributed by atoms with Crippen LogP contribution in [0.2, 0.25) is 0 Å². The molecule has 21 heavy (non-hydrogen) atoms. The number of tetrazole rings is 1. The van der Waals surface area contributed by atoms with E-state index in [1.165, 1.54) is 4.80 Å². The first-order chi connectivity index (χ1) is 9.87. The lowest BCUT2D eigenvalue weighted by molar-refractivity contribution is 0.588. The maximum Gasteiger partial charge on any atom is 0.277 e. The summed E-state index contributed by atoms with van der Waals surface area (Å²) in [7, 11) is -2.14. The highest BCUT2D eigenvalue weighted by Gasteiger charge is 2.16. The molecule has 1 aromatic carbocycles. The number of aromatic nitrogens is 4. The average molecular weight is 310 g/mol. The van der Waals surface area contributed by atoms with E-state index in [4.69, 9.17) is 0 Å². The summed E-state index contributed by atoms with van der Waals surface area (Å²) in [4.78, 5) is 1.33. The average Bonchev–Trinajstić information content (AvgIpc) is 2.81. The molecule has 0 unspecified atom stereocenters. The Morgan fingerprint density at radius 2 is 1.90 bits per heavy atom. The molecule has 0 spiro atoms. The molecule has 0 radical (unpaired) electrons. The Balaban J connectivity index is 2.09. The number of aryl methyl sites for hydroxylation is 1. The fourth-order valence-electron chi connectivity index (χ4n) is 1.61. The lowest BCUT2D eigenvalue weighted by atomic mass is 10.2. The van der Waals surface area contributed by atoms with E-state index in [1.54, 1.807) is 31.3 Å². The molecule has 2 N–H and O–H groups in total. The van der Waals surface area contributed by atoms with E-state index in [1.807, 2.05) is 0 Å². The van der Waals surface area contributed by atoms with E-state index < -0.39 is 10.0 Å². The van der Waals surface area contributed by atoms with E-state index in [0.29, 0.717) is 12.6 Å². The van der Waals surface area contributed by atoms with Gasteiger partial charge in [-0.25, -0.2) is 13.1 Å². The van der Waals surface area contributed by atoms with Crippen molar-refractivity contribution in [2.24, 2.45) is 7.05 Å². The number of sulfonamides is 1. The van der Waals surface area contributed by atoms with Gasteiger partial charge in [-0.05, 0) is 22.9 Å². The van der Waals surface area contributed by atoms with Crippen molar-refractivity contribution >= 4 is 16.0 Å². The third-order valence-electron chi connectivity index (χ3n) is 2.68. The fourth-order valence-corrected chi connectivity index (χ4v) is 2.55.